The maximum atomic E-state index is 9.95. The molecule has 2 unspecified atom stereocenters. The number of pyridine rings is 1. The van der Waals surface area contributed by atoms with Crippen LogP contribution in [-0.2, 0) is 4.74 Å². The molecule has 8 heteroatoms. The fourth-order valence-corrected chi connectivity index (χ4v) is 3.19. The summed E-state index contributed by atoms with van der Waals surface area (Å²) in [5.41, 5.74) is 0.592. The van der Waals surface area contributed by atoms with Crippen molar-refractivity contribution in [2.24, 2.45) is 0 Å². The largest absolute Gasteiger partial charge is 0.392 e. The number of aromatic nitrogens is 3. The standard InChI is InChI=1S/C12H11Br2N3O3/c13-6-3-8(14)10(15-4-6)11-16-12(20-17-11)7-5-19-2-1-9(7)18/h3-4,7,9,18H,1-2,5H2. The van der Waals surface area contributed by atoms with Crippen molar-refractivity contribution in [2.45, 2.75) is 18.4 Å². The normalized spacial score (nSPS) is 22.9. The van der Waals surface area contributed by atoms with Crippen LogP contribution in [0.2, 0.25) is 0 Å². The summed E-state index contributed by atoms with van der Waals surface area (Å²) < 4.78 is 12.2. The van der Waals surface area contributed by atoms with Crippen LogP contribution in [0, 0.1) is 0 Å². The minimum absolute atomic E-state index is 0.278. The minimum atomic E-state index is -0.515. The minimum Gasteiger partial charge on any atom is -0.392 e. The third-order valence-corrected chi connectivity index (χ3v) is 4.14. The van der Waals surface area contributed by atoms with E-state index < -0.39 is 6.10 Å². The van der Waals surface area contributed by atoms with Gasteiger partial charge in [-0.15, -0.1) is 0 Å². The molecular formula is C12H11Br2N3O3. The Kier molecular flexibility index (Phi) is 4.16. The molecule has 0 radical (unpaired) electrons. The molecule has 2 aromatic rings. The van der Waals surface area contributed by atoms with E-state index in [-0.39, 0.29) is 5.92 Å². The molecule has 0 aromatic carbocycles. The monoisotopic (exact) mass is 403 g/mol. The molecule has 106 valence electrons. The summed E-state index contributed by atoms with van der Waals surface area (Å²) in [4.78, 5) is 8.57. The molecular weight excluding hydrogens is 394 g/mol. The summed E-state index contributed by atoms with van der Waals surface area (Å²) in [5, 5.41) is 13.9. The van der Waals surface area contributed by atoms with Crippen LogP contribution in [0.3, 0.4) is 0 Å². The van der Waals surface area contributed by atoms with Gasteiger partial charge in [-0.25, -0.2) is 0 Å². The van der Waals surface area contributed by atoms with E-state index >= 15 is 0 Å². The second kappa shape index (κ2) is 5.88. The summed E-state index contributed by atoms with van der Waals surface area (Å²) in [5.74, 6) is 0.486. The molecule has 1 N–H and O–H groups in total. The number of aliphatic hydroxyl groups excluding tert-OH is 1. The van der Waals surface area contributed by atoms with Gasteiger partial charge in [0.05, 0.1) is 18.6 Å². The zero-order chi connectivity index (χ0) is 14.1. The topological polar surface area (TPSA) is 81.3 Å². The average molecular weight is 405 g/mol. The van der Waals surface area contributed by atoms with Gasteiger partial charge in [0.1, 0.15) is 5.69 Å². The van der Waals surface area contributed by atoms with Crippen LogP contribution < -0.4 is 0 Å². The van der Waals surface area contributed by atoms with Gasteiger partial charge in [-0.05, 0) is 44.3 Å². The van der Waals surface area contributed by atoms with E-state index in [1.54, 1.807) is 6.20 Å². The van der Waals surface area contributed by atoms with Gasteiger partial charge >= 0.3 is 0 Å². The van der Waals surface area contributed by atoms with Gasteiger partial charge in [-0.3, -0.25) is 4.98 Å². The van der Waals surface area contributed by atoms with E-state index in [0.29, 0.717) is 37.0 Å². The van der Waals surface area contributed by atoms with Crippen LogP contribution in [0.25, 0.3) is 11.5 Å². The highest BCUT2D eigenvalue weighted by atomic mass is 79.9. The number of hydrogen-bond donors (Lipinski definition) is 1. The lowest BCUT2D eigenvalue weighted by Crippen LogP contribution is -2.30. The molecule has 2 atom stereocenters. The highest BCUT2D eigenvalue weighted by Crippen LogP contribution is 2.29. The third kappa shape index (κ3) is 2.78. The Morgan fingerprint density at radius 1 is 1.35 bits per heavy atom. The van der Waals surface area contributed by atoms with Crippen molar-refractivity contribution in [3.05, 3.63) is 27.1 Å². The van der Waals surface area contributed by atoms with Crippen LogP contribution in [0.4, 0.5) is 0 Å². The summed E-state index contributed by atoms with van der Waals surface area (Å²) in [6, 6.07) is 1.86. The molecule has 0 bridgehead atoms. The lowest BCUT2D eigenvalue weighted by atomic mass is 9.99. The van der Waals surface area contributed by atoms with Gasteiger partial charge < -0.3 is 14.4 Å². The van der Waals surface area contributed by atoms with Gasteiger partial charge in [-0.2, -0.15) is 4.98 Å². The third-order valence-electron chi connectivity index (χ3n) is 3.10. The second-order valence-electron chi connectivity index (χ2n) is 4.48. The number of nitrogens with zero attached hydrogens (tertiary/aromatic N) is 3. The first-order valence-electron chi connectivity index (χ1n) is 6.06. The van der Waals surface area contributed by atoms with Gasteiger partial charge in [0.2, 0.25) is 11.7 Å². The molecule has 0 aliphatic carbocycles. The zero-order valence-electron chi connectivity index (χ0n) is 10.3. The molecule has 6 nitrogen and oxygen atoms in total. The summed E-state index contributed by atoms with van der Waals surface area (Å²) in [7, 11) is 0. The van der Waals surface area contributed by atoms with Crippen LogP contribution in [0.5, 0.6) is 0 Å². The number of aliphatic hydroxyl groups is 1. The Bertz CT molecular complexity index is 620. The summed E-state index contributed by atoms with van der Waals surface area (Å²) in [6.07, 6.45) is 1.72. The predicted octanol–water partition coefficient (Wildman–Crippen LogP) is 2.52. The van der Waals surface area contributed by atoms with Crippen LogP contribution in [0.15, 0.2) is 25.7 Å². The van der Waals surface area contributed by atoms with E-state index in [9.17, 15) is 5.11 Å². The first-order valence-corrected chi connectivity index (χ1v) is 7.64. The zero-order valence-corrected chi connectivity index (χ0v) is 13.5. The smallest absolute Gasteiger partial charge is 0.235 e. The molecule has 0 amide bonds. The molecule has 2 aromatic heterocycles. The first-order chi connectivity index (χ1) is 9.65. The van der Waals surface area contributed by atoms with Crippen molar-refractivity contribution in [2.75, 3.05) is 13.2 Å². The highest BCUT2D eigenvalue weighted by molar-refractivity contribution is 9.11. The Morgan fingerprint density at radius 2 is 2.20 bits per heavy atom. The number of halogens is 2. The fourth-order valence-electron chi connectivity index (χ4n) is 2.02. The van der Waals surface area contributed by atoms with Crippen molar-refractivity contribution in [3.63, 3.8) is 0 Å². The van der Waals surface area contributed by atoms with E-state index in [4.69, 9.17) is 9.26 Å². The molecule has 1 aliphatic rings. The van der Waals surface area contributed by atoms with Crippen molar-refractivity contribution in [1.29, 1.82) is 0 Å². The van der Waals surface area contributed by atoms with Gasteiger partial charge in [0.15, 0.2) is 0 Å². The molecule has 1 saturated heterocycles. The highest BCUT2D eigenvalue weighted by Gasteiger charge is 2.30. The van der Waals surface area contributed by atoms with Crippen molar-refractivity contribution < 1.29 is 14.4 Å². The molecule has 20 heavy (non-hydrogen) atoms. The SMILES string of the molecule is OC1CCOCC1c1nc(-c2ncc(Br)cc2Br)no1. The number of hydrogen-bond acceptors (Lipinski definition) is 6. The van der Waals surface area contributed by atoms with E-state index in [2.05, 4.69) is 47.0 Å². The van der Waals surface area contributed by atoms with Crippen molar-refractivity contribution in [1.82, 2.24) is 15.1 Å². The van der Waals surface area contributed by atoms with Gasteiger partial charge in [0.25, 0.3) is 0 Å². The van der Waals surface area contributed by atoms with Crippen molar-refractivity contribution >= 4 is 31.9 Å². The lowest BCUT2D eigenvalue weighted by Gasteiger charge is -2.24. The molecule has 0 spiro atoms. The van der Waals surface area contributed by atoms with E-state index in [0.717, 1.165) is 8.95 Å². The Hall–Kier alpha value is -0.830. The molecule has 1 fully saturated rings. The summed E-state index contributed by atoms with van der Waals surface area (Å²) >= 11 is 6.75. The van der Waals surface area contributed by atoms with Gasteiger partial charge in [-0.1, -0.05) is 5.16 Å². The average Bonchev–Trinajstić information content (AvgIpc) is 2.88. The molecule has 3 rings (SSSR count). The molecule has 0 saturated carbocycles. The molecule has 1 aliphatic heterocycles. The number of ether oxygens (including phenoxy) is 1. The quantitative estimate of drug-likeness (QED) is 0.828. The Morgan fingerprint density at radius 3 is 2.95 bits per heavy atom. The van der Waals surface area contributed by atoms with E-state index in [1.807, 2.05) is 6.07 Å². The first kappa shape index (κ1) is 14.1. The fraction of sp³-hybridized carbons (Fsp3) is 0.417. The van der Waals surface area contributed by atoms with Crippen LogP contribution in [0.1, 0.15) is 18.2 Å². The van der Waals surface area contributed by atoms with E-state index in [1.165, 1.54) is 0 Å². The predicted molar refractivity (Wildman–Crippen MR) is 77.1 cm³/mol. The number of rotatable bonds is 2. The lowest BCUT2D eigenvalue weighted by molar-refractivity contribution is -0.0149. The Balaban J connectivity index is 1.89. The van der Waals surface area contributed by atoms with Crippen LogP contribution in [-0.4, -0.2) is 39.5 Å². The van der Waals surface area contributed by atoms with Crippen LogP contribution >= 0.6 is 31.9 Å². The maximum absolute atomic E-state index is 9.95. The summed E-state index contributed by atoms with van der Waals surface area (Å²) in [6.45, 7) is 0.941. The second-order valence-corrected chi connectivity index (χ2v) is 6.25. The Labute approximate surface area is 131 Å². The van der Waals surface area contributed by atoms with Crippen molar-refractivity contribution in [3.8, 4) is 11.5 Å². The molecule has 3 heterocycles. The maximum Gasteiger partial charge on any atom is 0.235 e. The van der Waals surface area contributed by atoms with Gasteiger partial charge in [0, 0.05) is 21.7 Å².